The third-order valence-corrected chi connectivity index (χ3v) is 5.08. The number of ether oxygens (including phenoxy) is 1. The van der Waals surface area contributed by atoms with E-state index in [1.807, 2.05) is 30.3 Å². The average Bonchev–Trinajstić information content (AvgIpc) is 2.74. The summed E-state index contributed by atoms with van der Waals surface area (Å²) in [6.45, 7) is 4.21. The number of para-hydroxylation sites is 2. The molecule has 0 unspecified atom stereocenters. The highest BCUT2D eigenvalue weighted by molar-refractivity contribution is 5.68. The van der Waals surface area contributed by atoms with Crippen molar-refractivity contribution in [1.82, 2.24) is 0 Å². The van der Waals surface area contributed by atoms with Crippen LogP contribution in [0.4, 0.5) is 21.5 Å². The van der Waals surface area contributed by atoms with E-state index in [2.05, 4.69) is 28.0 Å². The maximum absolute atomic E-state index is 13.0. The highest BCUT2D eigenvalue weighted by atomic mass is 19.1. The molecule has 0 bridgehead atoms. The van der Waals surface area contributed by atoms with Crippen molar-refractivity contribution in [2.24, 2.45) is 0 Å². The number of benzene rings is 3. The lowest BCUT2D eigenvalue weighted by Gasteiger charge is -2.37. The van der Waals surface area contributed by atoms with Crippen molar-refractivity contribution in [1.29, 1.82) is 0 Å². The Morgan fingerprint density at radius 2 is 1.43 bits per heavy atom. The molecule has 0 aromatic heterocycles. The molecule has 4 rings (SSSR count). The fourth-order valence-corrected chi connectivity index (χ4v) is 3.48. The normalized spacial score (nSPS) is 14.2. The third-order valence-electron chi connectivity index (χ3n) is 5.08. The number of hydrogen-bond acceptors (Lipinski definition) is 4. The summed E-state index contributed by atoms with van der Waals surface area (Å²) in [4.78, 5) is 4.71. The van der Waals surface area contributed by atoms with Gasteiger partial charge in [0.2, 0.25) is 0 Å². The highest BCUT2D eigenvalue weighted by Gasteiger charge is 2.18. The van der Waals surface area contributed by atoms with Crippen LogP contribution in [0.1, 0.15) is 5.56 Å². The van der Waals surface area contributed by atoms with Crippen LogP contribution in [0.25, 0.3) is 0 Å². The minimum Gasteiger partial charge on any atom is -0.489 e. The predicted molar refractivity (Wildman–Crippen MR) is 112 cm³/mol. The molecule has 1 aliphatic heterocycles. The quantitative estimate of drug-likeness (QED) is 0.673. The molecule has 1 heterocycles. The molecular weight excluding hydrogens is 353 g/mol. The number of nitrogen functional groups attached to an aromatic ring is 1. The fraction of sp³-hybridized carbons (Fsp3) is 0.217. The van der Waals surface area contributed by atoms with E-state index in [4.69, 9.17) is 10.5 Å². The van der Waals surface area contributed by atoms with Crippen molar-refractivity contribution >= 4 is 17.1 Å². The summed E-state index contributed by atoms with van der Waals surface area (Å²) in [7, 11) is 0. The van der Waals surface area contributed by atoms with E-state index < -0.39 is 0 Å². The number of halogens is 1. The van der Waals surface area contributed by atoms with Gasteiger partial charge in [0.1, 0.15) is 18.2 Å². The van der Waals surface area contributed by atoms with Gasteiger partial charge in [-0.05, 0) is 54.1 Å². The monoisotopic (exact) mass is 377 g/mol. The molecule has 1 saturated heterocycles. The van der Waals surface area contributed by atoms with Crippen LogP contribution in [0.3, 0.4) is 0 Å². The number of piperazine rings is 1. The first-order chi connectivity index (χ1) is 13.7. The molecule has 0 aliphatic carbocycles. The van der Waals surface area contributed by atoms with Gasteiger partial charge in [0.15, 0.2) is 0 Å². The zero-order valence-corrected chi connectivity index (χ0v) is 15.7. The molecule has 3 aromatic carbocycles. The topological polar surface area (TPSA) is 41.7 Å². The van der Waals surface area contributed by atoms with Crippen LogP contribution in [0.5, 0.6) is 5.75 Å². The molecule has 28 heavy (non-hydrogen) atoms. The summed E-state index contributed by atoms with van der Waals surface area (Å²) in [5.41, 5.74) is 10.2. The Morgan fingerprint density at radius 1 is 0.786 bits per heavy atom. The van der Waals surface area contributed by atoms with Gasteiger partial charge in [-0.25, -0.2) is 4.39 Å². The van der Waals surface area contributed by atoms with Gasteiger partial charge in [-0.1, -0.05) is 24.3 Å². The Kier molecular flexibility index (Phi) is 5.33. The summed E-state index contributed by atoms with van der Waals surface area (Å²) in [6, 6.07) is 22.6. The highest BCUT2D eigenvalue weighted by Crippen LogP contribution is 2.26. The van der Waals surface area contributed by atoms with Gasteiger partial charge in [-0.3, -0.25) is 0 Å². The first kappa shape index (κ1) is 18.2. The van der Waals surface area contributed by atoms with Crippen LogP contribution < -0.4 is 20.3 Å². The Morgan fingerprint density at radius 3 is 2.11 bits per heavy atom. The Hall–Kier alpha value is -3.21. The Bertz CT molecular complexity index is 904. The molecule has 0 spiro atoms. The largest absolute Gasteiger partial charge is 0.489 e. The minimum absolute atomic E-state index is 0.233. The molecule has 0 radical (unpaired) electrons. The van der Waals surface area contributed by atoms with E-state index in [0.29, 0.717) is 6.61 Å². The standard InChI is InChI=1S/C23H24FN3O/c24-19-7-5-18(6-8-19)17-28-21-11-9-20(10-12-21)26-13-15-27(16-14-26)23-4-2-1-3-22(23)25/h1-12H,13-17,25H2. The maximum Gasteiger partial charge on any atom is 0.123 e. The van der Waals surface area contributed by atoms with Crippen molar-refractivity contribution < 1.29 is 9.13 Å². The first-order valence-corrected chi connectivity index (χ1v) is 9.51. The Labute approximate surface area is 165 Å². The SMILES string of the molecule is Nc1ccccc1N1CCN(c2ccc(OCc3ccc(F)cc3)cc2)CC1. The molecule has 0 atom stereocenters. The van der Waals surface area contributed by atoms with Crippen molar-refractivity contribution in [2.75, 3.05) is 41.7 Å². The summed E-state index contributed by atoms with van der Waals surface area (Å²) < 4.78 is 18.8. The van der Waals surface area contributed by atoms with E-state index in [-0.39, 0.29) is 5.82 Å². The first-order valence-electron chi connectivity index (χ1n) is 9.51. The summed E-state index contributed by atoms with van der Waals surface area (Å²) in [5.74, 6) is 0.576. The minimum atomic E-state index is -0.233. The number of hydrogen-bond donors (Lipinski definition) is 1. The second kappa shape index (κ2) is 8.21. The lowest BCUT2D eigenvalue weighted by molar-refractivity contribution is 0.306. The molecule has 4 nitrogen and oxygen atoms in total. The molecule has 1 aliphatic rings. The van der Waals surface area contributed by atoms with E-state index >= 15 is 0 Å². The summed E-state index contributed by atoms with van der Waals surface area (Å²) in [5, 5.41) is 0. The number of rotatable bonds is 5. The van der Waals surface area contributed by atoms with Crippen molar-refractivity contribution in [3.8, 4) is 5.75 Å². The maximum atomic E-state index is 13.0. The van der Waals surface area contributed by atoms with Crippen LogP contribution >= 0.6 is 0 Å². The van der Waals surface area contributed by atoms with Crippen LogP contribution in [-0.4, -0.2) is 26.2 Å². The average molecular weight is 377 g/mol. The number of anilines is 3. The summed E-state index contributed by atoms with van der Waals surface area (Å²) in [6.07, 6.45) is 0. The smallest absolute Gasteiger partial charge is 0.123 e. The lowest BCUT2D eigenvalue weighted by Crippen LogP contribution is -2.46. The molecule has 5 heteroatoms. The predicted octanol–water partition coefficient (Wildman–Crippen LogP) is 4.31. The van der Waals surface area contributed by atoms with E-state index in [1.165, 1.54) is 17.8 Å². The molecule has 2 N–H and O–H groups in total. The molecule has 1 fully saturated rings. The van der Waals surface area contributed by atoms with Crippen molar-refractivity contribution in [3.63, 3.8) is 0 Å². The van der Waals surface area contributed by atoms with Crippen LogP contribution in [0.15, 0.2) is 72.8 Å². The van der Waals surface area contributed by atoms with Gasteiger partial charge in [-0.15, -0.1) is 0 Å². The van der Waals surface area contributed by atoms with Gasteiger partial charge in [0.25, 0.3) is 0 Å². The molecule has 0 amide bonds. The summed E-state index contributed by atoms with van der Waals surface area (Å²) >= 11 is 0. The van der Waals surface area contributed by atoms with Gasteiger partial charge in [-0.2, -0.15) is 0 Å². The van der Waals surface area contributed by atoms with Crippen LogP contribution in [0.2, 0.25) is 0 Å². The van der Waals surface area contributed by atoms with Crippen LogP contribution in [-0.2, 0) is 6.61 Å². The van der Waals surface area contributed by atoms with E-state index in [1.54, 1.807) is 12.1 Å². The lowest BCUT2D eigenvalue weighted by atomic mass is 10.2. The zero-order chi connectivity index (χ0) is 19.3. The molecular formula is C23H24FN3O. The number of nitrogens with two attached hydrogens (primary N) is 1. The second-order valence-corrected chi connectivity index (χ2v) is 6.94. The molecule has 3 aromatic rings. The van der Waals surface area contributed by atoms with Crippen LogP contribution in [0, 0.1) is 5.82 Å². The number of nitrogens with zero attached hydrogens (tertiary/aromatic N) is 2. The van der Waals surface area contributed by atoms with Gasteiger partial charge in [0.05, 0.1) is 11.4 Å². The van der Waals surface area contributed by atoms with Gasteiger partial charge < -0.3 is 20.3 Å². The van der Waals surface area contributed by atoms with Crippen molar-refractivity contribution in [2.45, 2.75) is 6.61 Å². The second-order valence-electron chi connectivity index (χ2n) is 6.94. The van der Waals surface area contributed by atoms with Crippen molar-refractivity contribution in [3.05, 3.63) is 84.2 Å². The fourth-order valence-electron chi connectivity index (χ4n) is 3.48. The molecule has 144 valence electrons. The van der Waals surface area contributed by atoms with E-state index in [9.17, 15) is 4.39 Å². The van der Waals surface area contributed by atoms with Gasteiger partial charge >= 0.3 is 0 Å². The zero-order valence-electron chi connectivity index (χ0n) is 15.7. The Balaban J connectivity index is 1.32. The van der Waals surface area contributed by atoms with E-state index in [0.717, 1.165) is 48.9 Å². The molecule has 0 saturated carbocycles. The van der Waals surface area contributed by atoms with Gasteiger partial charge in [0, 0.05) is 31.9 Å². The third kappa shape index (κ3) is 4.19.